The predicted octanol–water partition coefficient (Wildman–Crippen LogP) is 2.88. The predicted molar refractivity (Wildman–Crippen MR) is 107 cm³/mol. The molecule has 0 saturated carbocycles. The quantitative estimate of drug-likeness (QED) is 0.616. The van der Waals surface area contributed by atoms with E-state index in [9.17, 15) is 14.7 Å². The van der Waals surface area contributed by atoms with Crippen LogP contribution in [-0.2, 0) is 7.05 Å². The normalized spacial score (nSPS) is 12.1. The van der Waals surface area contributed by atoms with E-state index in [0.29, 0.717) is 22.8 Å². The molecule has 7 nitrogen and oxygen atoms in total. The second kappa shape index (κ2) is 8.50. The van der Waals surface area contributed by atoms with Gasteiger partial charge in [0.15, 0.2) is 5.78 Å². The number of ketones is 1. The number of carbonyl (C=O) groups excluding carboxylic acids is 1. The SMILES string of the molecule is C[C@@H](CO)CCC(=O)c1cc(-c2ccc(Cl)cc2)nn(-c2cnn(C)c2)c1=O. The van der Waals surface area contributed by atoms with Crippen LogP contribution in [0.15, 0.2) is 47.5 Å². The average molecular weight is 401 g/mol. The van der Waals surface area contributed by atoms with Gasteiger partial charge >= 0.3 is 0 Å². The molecule has 0 bridgehead atoms. The van der Waals surface area contributed by atoms with Gasteiger partial charge in [-0.1, -0.05) is 30.7 Å². The standard InChI is InChI=1S/C20H21ClN4O3/c1-13(12-26)3-8-19(27)17-9-18(14-4-6-15(21)7-5-14)23-25(20(17)28)16-10-22-24(2)11-16/h4-7,9-11,13,26H,3,8,12H2,1-2H3/t13-/m1/s1. The van der Waals surface area contributed by atoms with E-state index in [4.69, 9.17) is 11.6 Å². The summed E-state index contributed by atoms with van der Waals surface area (Å²) < 4.78 is 2.75. The molecular weight excluding hydrogens is 380 g/mol. The number of aliphatic hydroxyl groups is 1. The maximum absolute atomic E-state index is 12.9. The number of carbonyl (C=O) groups is 1. The molecule has 0 saturated heterocycles. The van der Waals surface area contributed by atoms with Crippen molar-refractivity contribution < 1.29 is 9.90 Å². The molecule has 0 aliphatic carbocycles. The average Bonchev–Trinajstić information content (AvgIpc) is 3.12. The van der Waals surface area contributed by atoms with Gasteiger partial charge in [-0.05, 0) is 30.5 Å². The minimum atomic E-state index is -0.493. The van der Waals surface area contributed by atoms with Crippen LogP contribution >= 0.6 is 11.6 Å². The van der Waals surface area contributed by atoms with Crippen LogP contribution in [0, 0.1) is 5.92 Å². The first-order valence-electron chi connectivity index (χ1n) is 8.92. The molecule has 0 spiro atoms. The summed E-state index contributed by atoms with van der Waals surface area (Å²) in [7, 11) is 1.74. The number of hydrogen-bond donors (Lipinski definition) is 1. The van der Waals surface area contributed by atoms with Crippen molar-refractivity contribution in [1.82, 2.24) is 19.6 Å². The largest absolute Gasteiger partial charge is 0.396 e. The van der Waals surface area contributed by atoms with Gasteiger partial charge in [0.25, 0.3) is 5.56 Å². The Kier molecular flexibility index (Phi) is 6.06. The van der Waals surface area contributed by atoms with Gasteiger partial charge in [0, 0.05) is 30.7 Å². The lowest BCUT2D eigenvalue weighted by molar-refractivity contribution is 0.0967. The number of aliphatic hydroxyl groups excluding tert-OH is 1. The van der Waals surface area contributed by atoms with Crippen LogP contribution in [-0.4, -0.2) is 37.1 Å². The Morgan fingerprint density at radius 1 is 1.29 bits per heavy atom. The van der Waals surface area contributed by atoms with Crippen molar-refractivity contribution in [2.45, 2.75) is 19.8 Å². The Bertz CT molecular complexity index is 1040. The number of aromatic nitrogens is 4. The molecule has 0 radical (unpaired) electrons. The Labute approximate surface area is 167 Å². The van der Waals surface area contributed by atoms with Crippen molar-refractivity contribution >= 4 is 17.4 Å². The number of Topliss-reactive ketones (excluding diaryl/α,β-unsaturated/α-hetero) is 1. The van der Waals surface area contributed by atoms with E-state index < -0.39 is 5.56 Å². The summed E-state index contributed by atoms with van der Waals surface area (Å²) in [6.07, 6.45) is 3.85. The monoisotopic (exact) mass is 400 g/mol. The molecule has 146 valence electrons. The maximum Gasteiger partial charge on any atom is 0.282 e. The first-order chi connectivity index (χ1) is 13.4. The molecule has 0 aliphatic rings. The summed E-state index contributed by atoms with van der Waals surface area (Å²) in [6, 6.07) is 8.53. The summed E-state index contributed by atoms with van der Waals surface area (Å²) in [5, 5.41) is 18.3. The zero-order valence-corrected chi connectivity index (χ0v) is 16.4. The third-order valence-electron chi connectivity index (χ3n) is 4.46. The molecule has 0 amide bonds. The second-order valence-electron chi connectivity index (χ2n) is 6.79. The third kappa shape index (κ3) is 4.37. The first-order valence-corrected chi connectivity index (χ1v) is 9.30. The molecule has 3 rings (SSSR count). The number of halogens is 1. The van der Waals surface area contributed by atoms with Crippen LogP contribution in [0.4, 0.5) is 0 Å². The minimum Gasteiger partial charge on any atom is -0.396 e. The molecule has 0 fully saturated rings. The Hall–Kier alpha value is -2.77. The van der Waals surface area contributed by atoms with Crippen molar-refractivity contribution in [3.63, 3.8) is 0 Å². The highest BCUT2D eigenvalue weighted by molar-refractivity contribution is 6.30. The highest BCUT2D eigenvalue weighted by atomic mass is 35.5. The number of nitrogens with zero attached hydrogens (tertiary/aromatic N) is 4. The summed E-state index contributed by atoms with van der Waals surface area (Å²) in [5.74, 6) is -0.289. The number of benzene rings is 1. The summed E-state index contributed by atoms with van der Waals surface area (Å²) in [6.45, 7) is 1.85. The highest BCUT2D eigenvalue weighted by Crippen LogP contribution is 2.21. The molecule has 0 aliphatic heterocycles. The summed E-state index contributed by atoms with van der Waals surface area (Å²) >= 11 is 5.96. The van der Waals surface area contributed by atoms with E-state index in [1.54, 1.807) is 42.2 Å². The van der Waals surface area contributed by atoms with Crippen molar-refractivity contribution in [2.75, 3.05) is 6.61 Å². The first kappa shape index (κ1) is 20.0. The summed E-state index contributed by atoms with van der Waals surface area (Å²) in [5.41, 5.74) is 1.26. The fourth-order valence-corrected chi connectivity index (χ4v) is 2.88. The second-order valence-corrected chi connectivity index (χ2v) is 7.23. The molecular formula is C20H21ClN4O3. The molecule has 28 heavy (non-hydrogen) atoms. The van der Waals surface area contributed by atoms with Gasteiger partial charge in [-0.2, -0.15) is 14.9 Å². The molecule has 2 heterocycles. The molecule has 1 N–H and O–H groups in total. The number of aryl methyl sites for hydroxylation is 1. The number of hydrogen-bond acceptors (Lipinski definition) is 5. The molecule has 1 atom stereocenters. The van der Waals surface area contributed by atoms with E-state index >= 15 is 0 Å². The van der Waals surface area contributed by atoms with Crippen LogP contribution < -0.4 is 5.56 Å². The van der Waals surface area contributed by atoms with E-state index in [0.717, 1.165) is 5.56 Å². The van der Waals surface area contributed by atoms with Crippen LogP contribution in [0.1, 0.15) is 30.1 Å². The van der Waals surface area contributed by atoms with Crippen molar-refractivity contribution in [2.24, 2.45) is 13.0 Å². The van der Waals surface area contributed by atoms with E-state index in [-0.39, 0.29) is 30.3 Å². The van der Waals surface area contributed by atoms with Gasteiger partial charge in [-0.25, -0.2) is 0 Å². The minimum absolute atomic E-state index is 0.000430. The molecule has 1 aromatic carbocycles. The molecule has 0 unspecified atom stereocenters. The van der Waals surface area contributed by atoms with Crippen molar-refractivity contribution in [3.05, 3.63) is 63.7 Å². The van der Waals surface area contributed by atoms with E-state index in [1.165, 1.54) is 16.9 Å². The highest BCUT2D eigenvalue weighted by Gasteiger charge is 2.18. The lowest BCUT2D eigenvalue weighted by atomic mass is 10.0. The molecule has 8 heteroatoms. The number of rotatable bonds is 7. The lowest BCUT2D eigenvalue weighted by Gasteiger charge is -2.10. The topological polar surface area (TPSA) is 90.0 Å². The van der Waals surface area contributed by atoms with Crippen molar-refractivity contribution in [1.29, 1.82) is 0 Å². The Balaban J connectivity index is 2.09. The zero-order chi connectivity index (χ0) is 20.3. The van der Waals surface area contributed by atoms with Gasteiger partial charge in [-0.3, -0.25) is 14.3 Å². The Morgan fingerprint density at radius 3 is 2.61 bits per heavy atom. The zero-order valence-electron chi connectivity index (χ0n) is 15.7. The van der Waals surface area contributed by atoms with Crippen LogP contribution in [0.3, 0.4) is 0 Å². The van der Waals surface area contributed by atoms with Gasteiger partial charge in [0.2, 0.25) is 0 Å². The fraction of sp³-hybridized carbons (Fsp3) is 0.300. The summed E-state index contributed by atoms with van der Waals surface area (Å²) in [4.78, 5) is 25.7. The lowest BCUT2D eigenvalue weighted by Crippen LogP contribution is -2.28. The van der Waals surface area contributed by atoms with Crippen LogP contribution in [0.5, 0.6) is 0 Å². The van der Waals surface area contributed by atoms with Gasteiger partial charge in [0.05, 0.1) is 23.7 Å². The maximum atomic E-state index is 12.9. The van der Waals surface area contributed by atoms with E-state index in [2.05, 4.69) is 10.2 Å². The van der Waals surface area contributed by atoms with Gasteiger partial charge in [-0.15, -0.1) is 0 Å². The Morgan fingerprint density at radius 2 is 2.00 bits per heavy atom. The van der Waals surface area contributed by atoms with Crippen molar-refractivity contribution in [3.8, 4) is 16.9 Å². The fourth-order valence-electron chi connectivity index (χ4n) is 2.75. The smallest absolute Gasteiger partial charge is 0.282 e. The van der Waals surface area contributed by atoms with Gasteiger partial charge in [0.1, 0.15) is 5.69 Å². The molecule has 3 aromatic rings. The third-order valence-corrected chi connectivity index (χ3v) is 4.72. The van der Waals surface area contributed by atoms with E-state index in [1.807, 2.05) is 6.92 Å². The van der Waals surface area contributed by atoms with Crippen LogP contribution in [0.2, 0.25) is 5.02 Å². The molecule has 2 aromatic heterocycles. The van der Waals surface area contributed by atoms with Gasteiger partial charge < -0.3 is 5.11 Å². The van der Waals surface area contributed by atoms with Crippen LogP contribution in [0.25, 0.3) is 16.9 Å².